The molecule has 0 aromatic carbocycles. The molecule has 0 saturated carbocycles. The maximum atomic E-state index is 10.9. The summed E-state index contributed by atoms with van der Waals surface area (Å²) in [4.78, 5) is 19.1. The van der Waals surface area contributed by atoms with Crippen LogP contribution in [0.2, 0.25) is 0 Å². The van der Waals surface area contributed by atoms with E-state index in [1.165, 1.54) is 11.8 Å². The van der Waals surface area contributed by atoms with E-state index in [9.17, 15) is 4.79 Å². The molecule has 0 radical (unpaired) electrons. The Labute approximate surface area is 86.8 Å². The minimum atomic E-state index is -0.960. The predicted octanol–water partition coefficient (Wildman–Crippen LogP) is 1.90. The molecule has 1 aromatic rings. The van der Waals surface area contributed by atoms with Crippen molar-refractivity contribution in [3.8, 4) is 0 Å². The first-order valence-electron chi connectivity index (χ1n) is 4.27. The fourth-order valence-electron chi connectivity index (χ4n) is 1.17. The largest absolute Gasteiger partial charge is 0.478 e. The van der Waals surface area contributed by atoms with Gasteiger partial charge in [0, 0.05) is 0 Å². The van der Waals surface area contributed by atoms with Crippen LogP contribution in [0, 0.1) is 13.8 Å². The number of carbonyl (C=O) groups is 1. The van der Waals surface area contributed by atoms with Crippen LogP contribution in [0.5, 0.6) is 0 Å². The number of carboxylic acid groups (broad SMARTS) is 1. The van der Waals surface area contributed by atoms with E-state index < -0.39 is 5.97 Å². The highest BCUT2D eigenvalue weighted by atomic mass is 32.2. The number of rotatable bonds is 3. The van der Waals surface area contributed by atoms with Crippen LogP contribution in [-0.2, 0) is 0 Å². The number of aryl methyl sites for hydroxylation is 2. The van der Waals surface area contributed by atoms with Gasteiger partial charge in [-0.1, -0.05) is 6.92 Å². The van der Waals surface area contributed by atoms with Gasteiger partial charge < -0.3 is 5.11 Å². The van der Waals surface area contributed by atoms with Crippen LogP contribution in [0.1, 0.15) is 28.8 Å². The molecule has 0 aliphatic heterocycles. The second kappa shape index (κ2) is 4.41. The number of hydrogen-bond donors (Lipinski definition) is 1. The third-order valence-electron chi connectivity index (χ3n) is 1.66. The molecule has 1 rings (SSSR count). The van der Waals surface area contributed by atoms with Gasteiger partial charge in [0.05, 0.1) is 5.69 Å². The summed E-state index contributed by atoms with van der Waals surface area (Å²) in [6.45, 7) is 5.42. The Balaban J connectivity index is 3.28. The average molecular weight is 212 g/mol. The van der Waals surface area contributed by atoms with Crippen LogP contribution < -0.4 is 0 Å². The number of aromatic carboxylic acids is 1. The lowest BCUT2D eigenvalue weighted by molar-refractivity contribution is 0.0690. The van der Waals surface area contributed by atoms with E-state index in [0.29, 0.717) is 16.5 Å². The third kappa shape index (κ3) is 2.23. The van der Waals surface area contributed by atoms with Crippen LogP contribution >= 0.6 is 11.8 Å². The molecular formula is C9H12N2O2S. The Kier molecular flexibility index (Phi) is 3.46. The third-order valence-corrected chi connectivity index (χ3v) is 2.52. The van der Waals surface area contributed by atoms with Crippen molar-refractivity contribution in [1.82, 2.24) is 9.97 Å². The molecular weight excluding hydrogens is 200 g/mol. The van der Waals surface area contributed by atoms with Crippen molar-refractivity contribution in [3.63, 3.8) is 0 Å². The molecule has 14 heavy (non-hydrogen) atoms. The van der Waals surface area contributed by atoms with Crippen molar-refractivity contribution in [2.45, 2.75) is 25.8 Å². The van der Waals surface area contributed by atoms with E-state index in [0.717, 1.165) is 5.75 Å². The molecule has 0 amide bonds. The summed E-state index contributed by atoms with van der Waals surface area (Å²) in [7, 11) is 0. The predicted molar refractivity (Wildman–Crippen MR) is 54.9 cm³/mol. The molecule has 0 fully saturated rings. The zero-order valence-corrected chi connectivity index (χ0v) is 9.18. The molecule has 4 nitrogen and oxygen atoms in total. The van der Waals surface area contributed by atoms with E-state index in [1.54, 1.807) is 13.8 Å². The molecule has 0 saturated heterocycles. The lowest BCUT2D eigenvalue weighted by Gasteiger charge is -2.06. The molecule has 0 spiro atoms. The van der Waals surface area contributed by atoms with E-state index in [-0.39, 0.29) is 5.56 Å². The summed E-state index contributed by atoms with van der Waals surface area (Å²) in [5.41, 5.74) is 0.753. The topological polar surface area (TPSA) is 63.1 Å². The van der Waals surface area contributed by atoms with Crippen molar-refractivity contribution in [2.75, 3.05) is 5.75 Å². The van der Waals surface area contributed by atoms with Gasteiger partial charge in [-0.3, -0.25) is 0 Å². The number of hydrogen-bond acceptors (Lipinski definition) is 4. The quantitative estimate of drug-likeness (QED) is 0.612. The summed E-state index contributed by atoms with van der Waals surface area (Å²) in [5, 5.41) is 9.53. The van der Waals surface area contributed by atoms with Crippen molar-refractivity contribution in [2.24, 2.45) is 0 Å². The molecule has 0 unspecified atom stereocenters. The first-order valence-corrected chi connectivity index (χ1v) is 5.26. The molecule has 76 valence electrons. The van der Waals surface area contributed by atoms with Crippen LogP contribution in [-0.4, -0.2) is 26.8 Å². The monoisotopic (exact) mass is 212 g/mol. The number of nitrogens with zero attached hydrogens (tertiary/aromatic N) is 2. The normalized spacial score (nSPS) is 10.2. The molecule has 0 aliphatic rings. The first kappa shape index (κ1) is 11.0. The van der Waals surface area contributed by atoms with Crippen LogP contribution in [0.15, 0.2) is 5.03 Å². The second-order valence-corrected chi connectivity index (χ2v) is 4.03. The summed E-state index contributed by atoms with van der Waals surface area (Å²) < 4.78 is 0. The minimum Gasteiger partial charge on any atom is -0.478 e. The summed E-state index contributed by atoms with van der Waals surface area (Å²) >= 11 is 1.43. The molecule has 1 heterocycles. The van der Waals surface area contributed by atoms with Gasteiger partial charge in [0.1, 0.15) is 16.4 Å². The van der Waals surface area contributed by atoms with Crippen molar-refractivity contribution >= 4 is 17.7 Å². The summed E-state index contributed by atoms with van der Waals surface area (Å²) in [5.74, 6) is 0.456. The van der Waals surface area contributed by atoms with Gasteiger partial charge in [-0.15, -0.1) is 11.8 Å². The highest BCUT2D eigenvalue weighted by Gasteiger charge is 2.16. The zero-order chi connectivity index (χ0) is 10.7. The summed E-state index contributed by atoms with van der Waals surface area (Å²) in [6.07, 6.45) is 0. The average Bonchev–Trinajstić information content (AvgIpc) is 2.01. The number of carboxylic acids is 1. The second-order valence-electron chi connectivity index (χ2n) is 2.77. The molecule has 1 N–H and O–H groups in total. The van der Waals surface area contributed by atoms with Gasteiger partial charge in [0.2, 0.25) is 0 Å². The van der Waals surface area contributed by atoms with E-state index in [4.69, 9.17) is 5.11 Å². The van der Waals surface area contributed by atoms with E-state index in [2.05, 4.69) is 9.97 Å². The Morgan fingerprint density at radius 3 is 2.57 bits per heavy atom. The maximum absolute atomic E-state index is 10.9. The number of aromatic nitrogens is 2. The highest BCUT2D eigenvalue weighted by molar-refractivity contribution is 7.99. The lowest BCUT2D eigenvalue weighted by Crippen LogP contribution is -2.08. The van der Waals surface area contributed by atoms with Gasteiger partial charge in [0.15, 0.2) is 0 Å². The van der Waals surface area contributed by atoms with Gasteiger partial charge in [-0.05, 0) is 19.6 Å². The number of thioether (sulfide) groups is 1. The molecule has 0 atom stereocenters. The van der Waals surface area contributed by atoms with Crippen molar-refractivity contribution in [3.05, 3.63) is 17.1 Å². The lowest BCUT2D eigenvalue weighted by atomic mass is 10.2. The molecule has 0 aliphatic carbocycles. The van der Waals surface area contributed by atoms with E-state index >= 15 is 0 Å². The fraction of sp³-hybridized carbons (Fsp3) is 0.444. The molecule has 1 aromatic heterocycles. The maximum Gasteiger partial charge on any atom is 0.340 e. The standard InChI is InChI=1S/C9H12N2O2S/c1-4-14-8-7(9(12)13)5(2)10-6(3)11-8/h4H2,1-3H3,(H,12,13). The Morgan fingerprint density at radius 1 is 1.43 bits per heavy atom. The first-order chi connectivity index (χ1) is 6.56. The Hall–Kier alpha value is -1.10. The Morgan fingerprint density at radius 2 is 2.07 bits per heavy atom. The molecule has 0 bridgehead atoms. The minimum absolute atomic E-state index is 0.224. The highest BCUT2D eigenvalue weighted by Crippen LogP contribution is 2.22. The van der Waals surface area contributed by atoms with Crippen molar-refractivity contribution in [1.29, 1.82) is 0 Å². The Bertz CT molecular complexity index is 366. The summed E-state index contributed by atoms with van der Waals surface area (Å²) in [6, 6.07) is 0. The SMILES string of the molecule is CCSc1nc(C)nc(C)c1C(=O)O. The van der Waals surface area contributed by atoms with Crippen molar-refractivity contribution < 1.29 is 9.90 Å². The van der Waals surface area contributed by atoms with Crippen LogP contribution in [0.4, 0.5) is 0 Å². The van der Waals surface area contributed by atoms with Gasteiger partial charge in [-0.2, -0.15) is 0 Å². The van der Waals surface area contributed by atoms with Gasteiger partial charge >= 0.3 is 5.97 Å². The van der Waals surface area contributed by atoms with Gasteiger partial charge in [0.25, 0.3) is 0 Å². The fourth-order valence-corrected chi connectivity index (χ4v) is 2.02. The van der Waals surface area contributed by atoms with Crippen LogP contribution in [0.25, 0.3) is 0 Å². The smallest absolute Gasteiger partial charge is 0.340 e. The van der Waals surface area contributed by atoms with E-state index in [1.807, 2.05) is 6.92 Å². The molecule has 5 heteroatoms. The van der Waals surface area contributed by atoms with Gasteiger partial charge in [-0.25, -0.2) is 14.8 Å². The zero-order valence-electron chi connectivity index (χ0n) is 8.37. The van der Waals surface area contributed by atoms with Crippen LogP contribution in [0.3, 0.4) is 0 Å².